The number of aromatic amines is 1. The number of nitrogens with zero attached hydrogens (tertiary/aromatic N) is 3. The van der Waals surface area contributed by atoms with E-state index in [1.54, 1.807) is 27.2 Å². The van der Waals surface area contributed by atoms with Crippen molar-refractivity contribution in [2.24, 2.45) is 0 Å². The van der Waals surface area contributed by atoms with Gasteiger partial charge in [-0.15, -0.1) is 0 Å². The van der Waals surface area contributed by atoms with Crippen LogP contribution in [0.1, 0.15) is 50.0 Å². The highest BCUT2D eigenvalue weighted by molar-refractivity contribution is 5.94. The molecule has 2 saturated heterocycles. The van der Waals surface area contributed by atoms with Crippen LogP contribution in [0.25, 0.3) is 11.3 Å². The molecule has 8 heteroatoms. The van der Waals surface area contributed by atoms with Gasteiger partial charge in [-0.3, -0.25) is 14.7 Å². The van der Waals surface area contributed by atoms with E-state index in [4.69, 9.17) is 9.47 Å². The Hall–Kier alpha value is -3.03. The number of ether oxygens (including phenoxy) is 2. The number of piperidine rings is 2. The summed E-state index contributed by atoms with van der Waals surface area (Å²) in [5.41, 5.74) is 1.42. The molecule has 0 spiro atoms. The van der Waals surface area contributed by atoms with Crippen LogP contribution in [-0.4, -0.2) is 70.7 Å². The molecule has 0 unspecified atom stereocenters. The predicted octanol–water partition coefficient (Wildman–Crippen LogP) is 3.10. The Labute approximate surface area is 182 Å². The van der Waals surface area contributed by atoms with Gasteiger partial charge in [-0.2, -0.15) is 5.10 Å². The number of methoxy groups -OCH3 is 2. The third-order valence-electron chi connectivity index (χ3n) is 6.79. The zero-order valence-corrected chi connectivity index (χ0v) is 18.6. The zero-order valence-electron chi connectivity index (χ0n) is 18.6. The Kier molecular flexibility index (Phi) is 5.64. The molecule has 166 valence electrons. The third-order valence-corrected chi connectivity index (χ3v) is 6.79. The molecule has 0 radical (unpaired) electrons. The van der Waals surface area contributed by atoms with Gasteiger partial charge in [0.15, 0.2) is 0 Å². The monoisotopic (exact) mass is 426 g/mol. The lowest BCUT2D eigenvalue weighted by Crippen LogP contribution is -2.68. The number of carbonyl (C=O) groups excluding carboxylic acids is 2. The number of benzene rings is 1. The zero-order chi connectivity index (χ0) is 22.2. The number of rotatable bonds is 4. The first kappa shape index (κ1) is 21.2. The van der Waals surface area contributed by atoms with Gasteiger partial charge in [0.1, 0.15) is 17.2 Å². The highest BCUT2D eigenvalue weighted by Crippen LogP contribution is 2.40. The average molecular weight is 427 g/mol. The van der Waals surface area contributed by atoms with Gasteiger partial charge >= 0.3 is 0 Å². The molecule has 0 saturated carbocycles. The van der Waals surface area contributed by atoms with Gasteiger partial charge in [0, 0.05) is 25.6 Å². The lowest BCUT2D eigenvalue weighted by Gasteiger charge is -2.56. The smallest absolute Gasteiger partial charge is 0.272 e. The highest BCUT2D eigenvalue weighted by Gasteiger charge is 2.50. The van der Waals surface area contributed by atoms with E-state index in [0.717, 1.165) is 37.8 Å². The summed E-state index contributed by atoms with van der Waals surface area (Å²) in [6.07, 6.45) is 3.58. The summed E-state index contributed by atoms with van der Waals surface area (Å²) >= 11 is 0. The summed E-state index contributed by atoms with van der Waals surface area (Å²) in [7, 11) is 3.20. The predicted molar refractivity (Wildman–Crippen MR) is 116 cm³/mol. The number of H-pyrrole nitrogens is 1. The van der Waals surface area contributed by atoms with E-state index in [2.05, 4.69) is 17.1 Å². The molecule has 0 aliphatic carbocycles. The Morgan fingerprint density at radius 3 is 2.68 bits per heavy atom. The molecule has 3 heterocycles. The Morgan fingerprint density at radius 2 is 1.97 bits per heavy atom. The van der Waals surface area contributed by atoms with E-state index in [0.29, 0.717) is 29.4 Å². The minimum atomic E-state index is -0.377. The molecule has 1 aromatic heterocycles. The van der Waals surface area contributed by atoms with Crippen LogP contribution in [0, 0.1) is 0 Å². The number of hydrogen-bond acceptors (Lipinski definition) is 5. The Bertz CT molecular complexity index is 988. The molecule has 2 aromatic rings. The van der Waals surface area contributed by atoms with Gasteiger partial charge in [0.25, 0.3) is 5.91 Å². The van der Waals surface area contributed by atoms with Crippen LogP contribution in [0.3, 0.4) is 0 Å². The normalized spacial score (nSPS) is 23.3. The van der Waals surface area contributed by atoms with Gasteiger partial charge in [-0.1, -0.05) is 0 Å². The molecule has 1 N–H and O–H groups in total. The number of carbonyl (C=O) groups is 2. The van der Waals surface area contributed by atoms with E-state index < -0.39 is 0 Å². The fraction of sp³-hybridized carbons (Fsp3) is 0.522. The highest BCUT2D eigenvalue weighted by atomic mass is 16.5. The van der Waals surface area contributed by atoms with Crippen molar-refractivity contribution in [3.8, 4) is 22.8 Å². The maximum atomic E-state index is 13.6. The van der Waals surface area contributed by atoms with Crippen molar-refractivity contribution in [2.45, 2.75) is 51.1 Å². The molecule has 31 heavy (non-hydrogen) atoms. The molecule has 4 rings (SSSR count). The van der Waals surface area contributed by atoms with Crippen molar-refractivity contribution in [3.05, 3.63) is 30.0 Å². The maximum absolute atomic E-state index is 13.6. The fourth-order valence-electron chi connectivity index (χ4n) is 5.18. The molecular formula is C23H30N4O4. The molecular weight excluding hydrogens is 396 g/mol. The van der Waals surface area contributed by atoms with Gasteiger partial charge in [0.2, 0.25) is 5.91 Å². The number of aromatic nitrogens is 2. The van der Waals surface area contributed by atoms with Gasteiger partial charge in [0.05, 0.1) is 31.5 Å². The number of fused-ring (bicyclic) bond motifs is 1. The van der Waals surface area contributed by atoms with Crippen LogP contribution in [0.2, 0.25) is 0 Å². The molecule has 2 aliphatic heterocycles. The van der Waals surface area contributed by atoms with Crippen LogP contribution in [-0.2, 0) is 4.79 Å². The average Bonchev–Trinajstić information content (AvgIpc) is 3.27. The van der Waals surface area contributed by atoms with Crippen molar-refractivity contribution >= 4 is 11.8 Å². The standard InChI is InChI=1S/C23H30N4O4/c1-15(28)26-11-6-10-23(2)21(26)7-5-12-27(23)22(29)19-14-18(24-25-19)17-13-16(30-3)8-9-20(17)31-4/h8-9,13-14,21H,5-7,10-12H2,1-4H3,(H,24,25)/t21-,23+/m1/s1. The number of nitrogens with one attached hydrogen (secondary N) is 1. The Morgan fingerprint density at radius 1 is 1.16 bits per heavy atom. The minimum absolute atomic E-state index is 0.0531. The number of likely N-dealkylation sites (tertiary alicyclic amines) is 2. The van der Waals surface area contributed by atoms with Crippen LogP contribution in [0.15, 0.2) is 24.3 Å². The second-order valence-corrected chi connectivity index (χ2v) is 8.52. The maximum Gasteiger partial charge on any atom is 0.272 e. The van der Waals surface area contributed by atoms with E-state index in [-0.39, 0.29) is 23.4 Å². The summed E-state index contributed by atoms with van der Waals surface area (Å²) in [4.78, 5) is 29.6. The summed E-state index contributed by atoms with van der Waals surface area (Å²) in [5, 5.41) is 7.30. The molecule has 2 fully saturated rings. The van der Waals surface area contributed by atoms with Crippen molar-refractivity contribution < 1.29 is 19.1 Å². The van der Waals surface area contributed by atoms with E-state index in [1.807, 2.05) is 28.0 Å². The molecule has 2 atom stereocenters. The first-order valence-electron chi connectivity index (χ1n) is 10.8. The van der Waals surface area contributed by atoms with Crippen molar-refractivity contribution in [2.75, 3.05) is 27.3 Å². The summed E-state index contributed by atoms with van der Waals surface area (Å²) in [6.45, 7) is 5.18. The van der Waals surface area contributed by atoms with Crippen LogP contribution in [0.5, 0.6) is 11.5 Å². The quantitative estimate of drug-likeness (QED) is 0.812. The minimum Gasteiger partial charge on any atom is -0.497 e. The van der Waals surface area contributed by atoms with Crippen molar-refractivity contribution in [1.29, 1.82) is 0 Å². The summed E-state index contributed by atoms with van der Waals surface area (Å²) in [6, 6.07) is 7.29. The van der Waals surface area contributed by atoms with Crippen molar-refractivity contribution in [3.63, 3.8) is 0 Å². The van der Waals surface area contributed by atoms with Gasteiger partial charge < -0.3 is 19.3 Å². The first-order valence-corrected chi connectivity index (χ1v) is 10.8. The third kappa shape index (κ3) is 3.64. The van der Waals surface area contributed by atoms with Crippen molar-refractivity contribution in [1.82, 2.24) is 20.0 Å². The molecule has 0 bridgehead atoms. The molecule has 1 aromatic carbocycles. The SMILES string of the molecule is COc1ccc(OC)c(-c2cc(C(=O)N3CCC[C@H]4N(C(C)=O)CCC[C@@]43C)[nH]n2)c1. The molecule has 8 nitrogen and oxygen atoms in total. The summed E-state index contributed by atoms with van der Waals surface area (Å²) < 4.78 is 10.8. The lowest BCUT2D eigenvalue weighted by molar-refractivity contribution is -0.140. The van der Waals surface area contributed by atoms with E-state index >= 15 is 0 Å². The fourth-order valence-corrected chi connectivity index (χ4v) is 5.18. The molecule has 2 aliphatic rings. The largest absolute Gasteiger partial charge is 0.497 e. The number of hydrogen-bond donors (Lipinski definition) is 1. The number of amides is 2. The van der Waals surface area contributed by atoms with Gasteiger partial charge in [-0.25, -0.2) is 0 Å². The van der Waals surface area contributed by atoms with E-state index in [9.17, 15) is 9.59 Å². The van der Waals surface area contributed by atoms with Gasteiger partial charge in [-0.05, 0) is 56.9 Å². The first-order chi connectivity index (χ1) is 14.9. The van der Waals surface area contributed by atoms with Crippen LogP contribution in [0.4, 0.5) is 0 Å². The topological polar surface area (TPSA) is 87.8 Å². The Balaban J connectivity index is 1.64. The lowest BCUT2D eigenvalue weighted by atomic mass is 9.76. The second-order valence-electron chi connectivity index (χ2n) is 8.52. The molecule has 2 amide bonds. The second kappa shape index (κ2) is 8.24. The van der Waals surface area contributed by atoms with E-state index in [1.165, 1.54) is 0 Å². The van der Waals surface area contributed by atoms with Crippen LogP contribution >= 0.6 is 0 Å². The summed E-state index contributed by atoms with van der Waals surface area (Å²) in [5.74, 6) is 1.34. The van der Waals surface area contributed by atoms with Crippen LogP contribution < -0.4 is 9.47 Å².